The van der Waals surface area contributed by atoms with Gasteiger partial charge in [-0.05, 0) is 6.42 Å². The van der Waals surface area contributed by atoms with Crippen LogP contribution in [0.3, 0.4) is 0 Å². The van der Waals surface area contributed by atoms with Crippen LogP contribution >= 0.6 is 7.68 Å². The van der Waals surface area contributed by atoms with Crippen LogP contribution in [-0.2, 0) is 20.2 Å². The van der Waals surface area contributed by atoms with Gasteiger partial charge in [0.05, 0.1) is 12.4 Å². The molecule has 0 aromatic rings. The molecule has 1 N–H and O–H groups in total. The lowest BCUT2D eigenvalue weighted by molar-refractivity contribution is 0.291. The Bertz CT molecular complexity index is 179. The maximum atomic E-state index is 12.1. The van der Waals surface area contributed by atoms with Crippen molar-refractivity contribution in [2.75, 3.05) is 19.0 Å². The third-order valence-corrected chi connectivity index (χ3v) is 2.07. The average molecular weight is 204 g/mol. The highest BCUT2D eigenvalue weighted by atomic mass is 32.2. The molecule has 2 atom stereocenters. The van der Waals surface area contributed by atoms with Gasteiger partial charge in [0, 0.05) is 6.66 Å². The monoisotopic (exact) mass is 204 g/mol. The van der Waals surface area contributed by atoms with Crippen molar-refractivity contribution >= 4 is 18.8 Å². The van der Waals surface area contributed by atoms with Gasteiger partial charge in [0.1, 0.15) is 0 Å². The standard InChI is InChI=1S/C4H10FO4PS/c1-10(5,6)9-3-2-4-11(7)8/h2-4H2,1H3,(H,7,8). The van der Waals surface area contributed by atoms with E-state index in [1.54, 1.807) is 0 Å². The zero-order chi connectivity index (χ0) is 8.91. The van der Waals surface area contributed by atoms with Crippen molar-refractivity contribution in [3.63, 3.8) is 0 Å². The third-order valence-electron chi connectivity index (χ3n) is 0.785. The van der Waals surface area contributed by atoms with Gasteiger partial charge in [0.15, 0.2) is 11.1 Å². The SMILES string of the molecule is CP(=O)(F)OCCCS(=O)O. The molecule has 68 valence electrons. The fraction of sp³-hybridized carbons (Fsp3) is 1.00. The Morgan fingerprint density at radius 2 is 2.27 bits per heavy atom. The molecule has 7 heteroatoms. The molecule has 11 heavy (non-hydrogen) atoms. The first kappa shape index (κ1) is 11.2. The normalized spacial score (nSPS) is 19.2. The van der Waals surface area contributed by atoms with E-state index in [2.05, 4.69) is 4.52 Å². The molecule has 0 spiro atoms. The highest BCUT2D eigenvalue weighted by Gasteiger charge is 2.11. The van der Waals surface area contributed by atoms with Gasteiger partial charge in [0.25, 0.3) is 0 Å². The minimum absolute atomic E-state index is 0.0139. The minimum atomic E-state index is -3.91. The van der Waals surface area contributed by atoms with Crippen LogP contribution in [0.25, 0.3) is 0 Å². The third kappa shape index (κ3) is 10.2. The van der Waals surface area contributed by atoms with Gasteiger partial charge in [-0.25, -0.2) is 4.21 Å². The molecular formula is C4H10FO4PS. The fourth-order valence-corrected chi connectivity index (χ4v) is 1.23. The zero-order valence-corrected chi connectivity index (χ0v) is 7.74. The van der Waals surface area contributed by atoms with Gasteiger partial charge in [-0.1, -0.05) is 0 Å². The van der Waals surface area contributed by atoms with Crippen molar-refractivity contribution in [2.24, 2.45) is 0 Å². The van der Waals surface area contributed by atoms with E-state index in [0.29, 0.717) is 0 Å². The van der Waals surface area contributed by atoms with Crippen molar-refractivity contribution < 1.29 is 22.0 Å². The minimum Gasteiger partial charge on any atom is -0.306 e. The van der Waals surface area contributed by atoms with E-state index in [9.17, 15) is 13.0 Å². The van der Waals surface area contributed by atoms with Crippen molar-refractivity contribution in [3.05, 3.63) is 0 Å². The smallest absolute Gasteiger partial charge is 0.306 e. The molecule has 2 unspecified atom stereocenters. The van der Waals surface area contributed by atoms with Crippen molar-refractivity contribution in [1.82, 2.24) is 0 Å². The summed E-state index contributed by atoms with van der Waals surface area (Å²) >= 11 is -1.89. The molecule has 0 saturated heterocycles. The first-order valence-electron chi connectivity index (χ1n) is 2.91. The Labute approximate surface area is 67.0 Å². The summed E-state index contributed by atoms with van der Waals surface area (Å²) in [5, 5.41) is 0. The number of rotatable bonds is 5. The van der Waals surface area contributed by atoms with E-state index in [0.717, 1.165) is 6.66 Å². The summed E-state index contributed by atoms with van der Waals surface area (Å²) in [5.74, 6) is 0.0139. The van der Waals surface area contributed by atoms with E-state index >= 15 is 0 Å². The Kier molecular flexibility index (Phi) is 5.08. The fourth-order valence-electron chi connectivity index (χ4n) is 0.410. The quantitative estimate of drug-likeness (QED) is 0.417. The predicted molar refractivity (Wildman–Crippen MR) is 40.8 cm³/mol. The highest BCUT2D eigenvalue weighted by molar-refractivity contribution is 7.79. The number of halogens is 1. The molecule has 0 aromatic carbocycles. The van der Waals surface area contributed by atoms with Crippen molar-refractivity contribution in [1.29, 1.82) is 0 Å². The molecule has 0 aliphatic carbocycles. The molecule has 0 fully saturated rings. The van der Waals surface area contributed by atoms with E-state index in [-0.39, 0.29) is 18.8 Å². The molecule has 0 aliphatic rings. The van der Waals surface area contributed by atoms with Gasteiger partial charge in [-0.3, -0.25) is 4.57 Å². The first-order chi connectivity index (χ1) is 4.92. The molecule has 0 radical (unpaired) electrons. The van der Waals surface area contributed by atoms with Gasteiger partial charge in [-0.15, -0.1) is 0 Å². The Morgan fingerprint density at radius 3 is 2.64 bits per heavy atom. The Morgan fingerprint density at radius 1 is 1.73 bits per heavy atom. The van der Waals surface area contributed by atoms with Gasteiger partial charge in [0.2, 0.25) is 0 Å². The first-order valence-corrected chi connectivity index (χ1v) is 6.15. The summed E-state index contributed by atoms with van der Waals surface area (Å²) in [6.45, 7) is 0.763. The zero-order valence-electron chi connectivity index (χ0n) is 6.03. The summed E-state index contributed by atoms with van der Waals surface area (Å²) in [5.41, 5.74) is 0. The Hall–Kier alpha value is 0.230. The lowest BCUT2D eigenvalue weighted by Gasteiger charge is -2.02. The molecule has 0 aromatic heterocycles. The van der Waals surface area contributed by atoms with E-state index in [4.69, 9.17) is 4.55 Å². The lowest BCUT2D eigenvalue weighted by atomic mass is 10.5. The molecule has 4 nitrogen and oxygen atoms in total. The summed E-state index contributed by atoms with van der Waals surface area (Å²) in [6, 6.07) is 0. The molecule has 0 aliphatic heterocycles. The summed E-state index contributed by atoms with van der Waals surface area (Å²) in [7, 11) is -3.91. The van der Waals surface area contributed by atoms with Crippen LogP contribution in [0.1, 0.15) is 6.42 Å². The second-order valence-corrected chi connectivity index (χ2v) is 4.76. The van der Waals surface area contributed by atoms with Gasteiger partial charge >= 0.3 is 7.68 Å². The lowest BCUT2D eigenvalue weighted by Crippen LogP contribution is -1.99. The average Bonchev–Trinajstić information content (AvgIpc) is 1.78. The molecule has 0 bridgehead atoms. The molecule has 0 heterocycles. The maximum absolute atomic E-state index is 12.1. The largest absolute Gasteiger partial charge is 0.364 e. The Balaban J connectivity index is 3.29. The number of hydrogen-bond donors (Lipinski definition) is 1. The highest BCUT2D eigenvalue weighted by Crippen LogP contribution is 2.43. The second-order valence-electron chi connectivity index (χ2n) is 1.96. The molecule has 0 amide bonds. The van der Waals surface area contributed by atoms with Crippen molar-refractivity contribution in [2.45, 2.75) is 6.42 Å². The van der Waals surface area contributed by atoms with Crippen LogP contribution < -0.4 is 0 Å². The van der Waals surface area contributed by atoms with Crippen LogP contribution in [0.4, 0.5) is 4.20 Å². The predicted octanol–water partition coefficient (Wildman–Crippen LogP) is 1.41. The van der Waals surface area contributed by atoms with Crippen molar-refractivity contribution in [3.8, 4) is 0 Å². The van der Waals surface area contributed by atoms with E-state index < -0.39 is 18.8 Å². The summed E-state index contributed by atoms with van der Waals surface area (Å²) < 4.78 is 44.8. The topological polar surface area (TPSA) is 63.6 Å². The van der Waals surface area contributed by atoms with Crippen LogP contribution in [-0.4, -0.2) is 27.8 Å². The maximum Gasteiger partial charge on any atom is 0.364 e. The molecule has 0 saturated carbocycles. The van der Waals surface area contributed by atoms with E-state index in [1.807, 2.05) is 0 Å². The summed E-state index contributed by atoms with van der Waals surface area (Å²) in [6.07, 6.45) is 0.227. The van der Waals surface area contributed by atoms with Crippen LogP contribution in [0.5, 0.6) is 0 Å². The second kappa shape index (κ2) is 4.98. The van der Waals surface area contributed by atoms with Crippen LogP contribution in [0.15, 0.2) is 0 Å². The molecule has 0 rings (SSSR count). The van der Waals surface area contributed by atoms with Gasteiger partial charge < -0.3 is 9.08 Å². The summed E-state index contributed by atoms with van der Waals surface area (Å²) in [4.78, 5) is 0. The van der Waals surface area contributed by atoms with Gasteiger partial charge in [-0.2, -0.15) is 4.20 Å². The van der Waals surface area contributed by atoms with Crippen LogP contribution in [0.2, 0.25) is 0 Å². The van der Waals surface area contributed by atoms with Crippen LogP contribution in [0, 0.1) is 0 Å². The van der Waals surface area contributed by atoms with E-state index in [1.165, 1.54) is 0 Å². The molecular weight excluding hydrogens is 194 g/mol. The number of hydrogen-bond acceptors (Lipinski definition) is 3.